The van der Waals surface area contributed by atoms with Gasteiger partial charge in [0, 0.05) is 28.7 Å². The van der Waals surface area contributed by atoms with E-state index < -0.39 is 5.23 Å². The van der Waals surface area contributed by atoms with Gasteiger partial charge < -0.3 is 25.0 Å². The lowest BCUT2D eigenvalue weighted by Crippen LogP contribution is -2.99. The van der Waals surface area contributed by atoms with Gasteiger partial charge >= 0.3 is 0 Å². The molecular formula is C31H33N5O4. The Morgan fingerprint density at radius 3 is 2.67 bits per heavy atom. The number of aromatic amines is 1. The SMILES string of the molecule is COc1ccc(C2NCCc3c2[nH]c2ccc(OCc4ccccc4)cc32)cc1Cn1nc(C)c([NH+]([O-])O)c1C. The second kappa shape index (κ2) is 10.8. The quantitative estimate of drug-likeness (QED) is 0.219. The monoisotopic (exact) mass is 539 g/mol. The molecular weight excluding hydrogens is 506 g/mol. The maximum atomic E-state index is 11.7. The van der Waals surface area contributed by atoms with Gasteiger partial charge in [-0.3, -0.25) is 4.68 Å². The van der Waals surface area contributed by atoms with Crippen LogP contribution in [0.5, 0.6) is 11.5 Å². The number of aryl methyl sites for hydroxylation is 1. The molecule has 0 aliphatic carbocycles. The third-order valence-corrected chi connectivity index (χ3v) is 7.72. The molecule has 2 atom stereocenters. The van der Waals surface area contributed by atoms with E-state index in [1.807, 2.05) is 30.3 Å². The van der Waals surface area contributed by atoms with E-state index in [-0.39, 0.29) is 11.7 Å². The molecule has 3 aromatic carbocycles. The lowest BCUT2D eigenvalue weighted by molar-refractivity contribution is -0.991. The highest BCUT2D eigenvalue weighted by molar-refractivity contribution is 5.86. The smallest absolute Gasteiger partial charge is 0.207 e. The summed E-state index contributed by atoms with van der Waals surface area (Å²) in [7, 11) is 1.65. The molecule has 9 nitrogen and oxygen atoms in total. The molecule has 6 rings (SSSR count). The molecule has 0 saturated heterocycles. The maximum Gasteiger partial charge on any atom is 0.207 e. The highest BCUT2D eigenvalue weighted by Crippen LogP contribution is 2.36. The van der Waals surface area contributed by atoms with E-state index in [2.05, 4.69) is 51.8 Å². The fraction of sp³-hybridized carbons (Fsp3) is 0.258. The Morgan fingerprint density at radius 2 is 1.93 bits per heavy atom. The highest BCUT2D eigenvalue weighted by atomic mass is 16.8. The molecule has 5 aromatic rings. The molecule has 0 radical (unpaired) electrons. The van der Waals surface area contributed by atoms with Crippen molar-refractivity contribution in [3.8, 4) is 11.5 Å². The Balaban J connectivity index is 1.31. The van der Waals surface area contributed by atoms with E-state index in [0.717, 1.165) is 52.4 Å². The van der Waals surface area contributed by atoms with Crippen molar-refractivity contribution in [3.63, 3.8) is 0 Å². The van der Waals surface area contributed by atoms with Gasteiger partial charge in [-0.15, -0.1) is 0 Å². The number of rotatable bonds is 8. The molecule has 9 heteroatoms. The number of H-pyrrole nitrogens is 1. The molecule has 0 bridgehead atoms. The van der Waals surface area contributed by atoms with Gasteiger partial charge in [0.15, 0.2) is 0 Å². The summed E-state index contributed by atoms with van der Waals surface area (Å²) >= 11 is 0. The van der Waals surface area contributed by atoms with Gasteiger partial charge in [0.1, 0.15) is 29.5 Å². The van der Waals surface area contributed by atoms with Crippen LogP contribution in [0, 0.1) is 19.1 Å². The summed E-state index contributed by atoms with van der Waals surface area (Å²) in [6.45, 7) is 5.30. The minimum absolute atomic E-state index is 0.0236. The van der Waals surface area contributed by atoms with Gasteiger partial charge in [0.2, 0.25) is 5.69 Å². The largest absolute Gasteiger partial charge is 0.595 e. The number of methoxy groups -OCH3 is 1. The first-order chi connectivity index (χ1) is 19.4. The summed E-state index contributed by atoms with van der Waals surface area (Å²) in [6.07, 6.45) is 0.917. The third kappa shape index (κ3) is 4.84. The van der Waals surface area contributed by atoms with Crippen LogP contribution in [-0.4, -0.2) is 33.6 Å². The maximum absolute atomic E-state index is 11.7. The molecule has 40 heavy (non-hydrogen) atoms. The first kappa shape index (κ1) is 26.1. The van der Waals surface area contributed by atoms with Crippen molar-refractivity contribution in [2.24, 2.45) is 0 Å². The van der Waals surface area contributed by atoms with Crippen LogP contribution in [0.4, 0.5) is 5.69 Å². The first-order valence-corrected chi connectivity index (χ1v) is 13.4. The number of hydrogen-bond acceptors (Lipinski definition) is 6. The van der Waals surface area contributed by atoms with Crippen LogP contribution in [0.2, 0.25) is 0 Å². The summed E-state index contributed by atoms with van der Waals surface area (Å²) in [5.41, 5.74) is 8.08. The average molecular weight is 540 g/mol. The van der Waals surface area contributed by atoms with E-state index in [4.69, 9.17) is 9.47 Å². The summed E-state index contributed by atoms with van der Waals surface area (Å²) in [5, 5.41) is 29.7. The zero-order chi connectivity index (χ0) is 27.8. The summed E-state index contributed by atoms with van der Waals surface area (Å²) in [6, 6.07) is 22.6. The van der Waals surface area contributed by atoms with Crippen LogP contribution in [0.25, 0.3) is 10.9 Å². The van der Waals surface area contributed by atoms with Crippen molar-refractivity contribution in [2.45, 2.75) is 39.5 Å². The number of fused-ring (bicyclic) bond motifs is 3. The second-order valence-corrected chi connectivity index (χ2v) is 10.2. The Kier molecular flexibility index (Phi) is 7.03. The Hall–Kier alpha value is -4.15. The van der Waals surface area contributed by atoms with Crippen LogP contribution in [0.3, 0.4) is 0 Å². The predicted octanol–water partition coefficient (Wildman–Crippen LogP) is 4.26. The normalized spacial score (nSPS) is 15.7. The molecule has 3 heterocycles. The summed E-state index contributed by atoms with van der Waals surface area (Å²) in [5.74, 6) is 1.59. The van der Waals surface area contributed by atoms with Crippen LogP contribution >= 0.6 is 0 Å². The number of benzene rings is 3. The lowest BCUT2D eigenvalue weighted by Gasteiger charge is -2.26. The van der Waals surface area contributed by atoms with Crippen LogP contribution in [0.1, 0.15) is 45.4 Å². The molecule has 0 saturated carbocycles. The average Bonchev–Trinajstić information content (AvgIpc) is 3.47. The lowest BCUT2D eigenvalue weighted by atomic mass is 9.93. The number of nitrogens with zero attached hydrogens (tertiary/aromatic N) is 2. The number of aromatic nitrogens is 3. The minimum Gasteiger partial charge on any atom is -0.595 e. The zero-order valence-electron chi connectivity index (χ0n) is 22.8. The van der Waals surface area contributed by atoms with Gasteiger partial charge in [-0.2, -0.15) is 10.3 Å². The Morgan fingerprint density at radius 1 is 1.10 bits per heavy atom. The molecule has 2 unspecified atom stereocenters. The number of quaternary nitrogens is 1. The van der Waals surface area contributed by atoms with Crippen LogP contribution < -0.4 is 20.0 Å². The topological polar surface area (TPSA) is 112 Å². The van der Waals surface area contributed by atoms with E-state index in [1.54, 1.807) is 25.6 Å². The van der Waals surface area contributed by atoms with Crippen molar-refractivity contribution in [1.29, 1.82) is 0 Å². The Labute approximate surface area is 232 Å². The second-order valence-electron chi connectivity index (χ2n) is 10.2. The molecule has 1 aliphatic rings. The van der Waals surface area contributed by atoms with Gasteiger partial charge in [-0.1, -0.05) is 36.4 Å². The van der Waals surface area contributed by atoms with Crippen molar-refractivity contribution in [1.82, 2.24) is 20.1 Å². The molecule has 1 aliphatic heterocycles. The van der Waals surface area contributed by atoms with Gasteiger partial charge in [0.05, 0.1) is 19.7 Å². The molecule has 0 fully saturated rings. The van der Waals surface area contributed by atoms with Gasteiger partial charge in [0.25, 0.3) is 0 Å². The minimum atomic E-state index is -0.965. The van der Waals surface area contributed by atoms with Crippen LogP contribution in [0.15, 0.2) is 66.7 Å². The predicted molar refractivity (Wildman–Crippen MR) is 152 cm³/mol. The van der Waals surface area contributed by atoms with Gasteiger partial charge in [-0.05, 0) is 67.3 Å². The van der Waals surface area contributed by atoms with Crippen molar-refractivity contribution in [3.05, 3.63) is 111 Å². The number of ether oxygens (including phenoxy) is 2. The van der Waals surface area contributed by atoms with E-state index >= 15 is 0 Å². The van der Waals surface area contributed by atoms with Crippen molar-refractivity contribution < 1.29 is 19.9 Å². The fourth-order valence-corrected chi connectivity index (χ4v) is 5.75. The van der Waals surface area contributed by atoms with Crippen molar-refractivity contribution in [2.75, 3.05) is 13.7 Å². The van der Waals surface area contributed by atoms with Crippen molar-refractivity contribution >= 4 is 16.6 Å². The zero-order valence-corrected chi connectivity index (χ0v) is 22.8. The molecule has 0 spiro atoms. The number of nitrogens with one attached hydrogen (secondary N) is 3. The third-order valence-electron chi connectivity index (χ3n) is 7.72. The van der Waals surface area contributed by atoms with E-state index in [9.17, 15) is 10.4 Å². The number of hydrogen-bond donors (Lipinski definition) is 4. The molecule has 2 aromatic heterocycles. The highest BCUT2D eigenvalue weighted by Gasteiger charge is 2.27. The molecule has 206 valence electrons. The first-order valence-electron chi connectivity index (χ1n) is 13.4. The molecule has 0 amide bonds. The fourth-order valence-electron chi connectivity index (χ4n) is 5.75. The van der Waals surface area contributed by atoms with E-state index in [1.165, 1.54) is 10.9 Å². The molecule has 4 N–H and O–H groups in total. The van der Waals surface area contributed by atoms with Gasteiger partial charge in [-0.25, -0.2) is 5.21 Å². The Bertz CT molecular complexity index is 1660. The summed E-state index contributed by atoms with van der Waals surface area (Å²) < 4.78 is 13.5. The summed E-state index contributed by atoms with van der Waals surface area (Å²) in [4.78, 5) is 3.66. The van der Waals surface area contributed by atoms with Crippen LogP contribution in [-0.2, 0) is 19.6 Å². The van der Waals surface area contributed by atoms with E-state index in [0.29, 0.717) is 24.5 Å². The standard InChI is InChI=1S/C31H33N5O4/c1-19-31(36(37)38)20(2)35(34-19)17-23-15-22(9-12-28(23)39-3)29-30-25(13-14-32-29)26-16-24(10-11-27(26)33-30)40-18-21-7-5-4-6-8-21/h4-12,15-16,29,32-33,36-37H,13-14,17-18H2,1-3H3.